The third-order valence-corrected chi connectivity index (χ3v) is 8.27. The topological polar surface area (TPSA) is 113 Å². The second kappa shape index (κ2) is 10.7. The number of carbonyl (C=O) groups is 1. The highest BCUT2D eigenvalue weighted by Gasteiger charge is 2.27. The zero-order valence-corrected chi connectivity index (χ0v) is 20.6. The molecule has 0 radical (unpaired) electrons. The Bertz CT molecular complexity index is 1180. The Balaban J connectivity index is 1.68. The maximum absolute atomic E-state index is 12.9. The lowest BCUT2D eigenvalue weighted by Crippen LogP contribution is -2.49. The first-order chi connectivity index (χ1) is 15.6. The van der Waals surface area contributed by atoms with E-state index in [0.717, 1.165) is 31.1 Å². The maximum atomic E-state index is 12.9. The largest absolute Gasteiger partial charge is 0.348 e. The average molecular weight is 494 g/mol. The van der Waals surface area contributed by atoms with Crippen molar-refractivity contribution >= 4 is 31.6 Å². The molecule has 8 nitrogen and oxygen atoms in total. The molecule has 3 rings (SSSR count). The van der Waals surface area contributed by atoms with Gasteiger partial charge in [-0.2, -0.15) is 0 Å². The van der Waals surface area contributed by atoms with Gasteiger partial charge in [0, 0.05) is 30.4 Å². The van der Waals surface area contributed by atoms with Crippen LogP contribution in [0.3, 0.4) is 0 Å². The van der Waals surface area contributed by atoms with E-state index in [1.165, 1.54) is 28.6 Å². The molecule has 180 valence electrons. The maximum Gasteiger partial charge on any atom is 0.261 e. The van der Waals surface area contributed by atoms with Crippen LogP contribution in [0.25, 0.3) is 0 Å². The molecule has 0 spiro atoms. The molecule has 1 aliphatic heterocycles. The van der Waals surface area contributed by atoms with Crippen LogP contribution in [0.4, 0.5) is 5.69 Å². The Labute approximate surface area is 196 Å². The van der Waals surface area contributed by atoms with Crippen LogP contribution in [-0.4, -0.2) is 52.4 Å². The molecule has 2 aromatic rings. The zero-order chi connectivity index (χ0) is 24.1. The van der Waals surface area contributed by atoms with Gasteiger partial charge in [-0.25, -0.2) is 21.1 Å². The number of piperidine rings is 1. The molecule has 10 heteroatoms. The van der Waals surface area contributed by atoms with Gasteiger partial charge in [-0.1, -0.05) is 31.5 Å². The number of rotatable bonds is 9. The lowest BCUT2D eigenvalue weighted by molar-refractivity contribution is 0.0921. The first-order valence-corrected chi connectivity index (χ1v) is 14.4. The summed E-state index contributed by atoms with van der Waals surface area (Å²) in [5.74, 6) is -0.437. The molecule has 2 aromatic carbocycles. The fourth-order valence-corrected chi connectivity index (χ4v) is 5.78. The van der Waals surface area contributed by atoms with Gasteiger partial charge in [-0.3, -0.25) is 9.52 Å². The van der Waals surface area contributed by atoms with Crippen LogP contribution in [0.5, 0.6) is 0 Å². The van der Waals surface area contributed by atoms with Crippen molar-refractivity contribution in [3.63, 3.8) is 0 Å². The van der Waals surface area contributed by atoms with E-state index in [1.54, 1.807) is 12.1 Å². The van der Waals surface area contributed by atoms with Crippen LogP contribution in [0.2, 0.25) is 0 Å². The number of amides is 1. The standard InChI is InChI=1S/C23H31N3O5S2/c1-3-4-7-18-11-13-20(14-12-18)25-33(30,31)22-10-5-8-19(16-22)23(27)24-21-9-6-15-26(17-21)32(2,28)29/h5,8,10-14,16,21,25H,3-4,6-7,9,15,17H2,1-2H3,(H,24,27). The van der Waals surface area contributed by atoms with Crippen molar-refractivity contribution in [1.82, 2.24) is 9.62 Å². The number of hydrogen-bond acceptors (Lipinski definition) is 5. The van der Waals surface area contributed by atoms with Gasteiger partial charge in [0.05, 0.1) is 11.2 Å². The number of hydrogen-bond donors (Lipinski definition) is 2. The van der Waals surface area contributed by atoms with Crippen LogP contribution in [0, 0.1) is 0 Å². The monoisotopic (exact) mass is 493 g/mol. The number of nitrogens with zero attached hydrogens (tertiary/aromatic N) is 1. The van der Waals surface area contributed by atoms with Crippen molar-refractivity contribution in [2.24, 2.45) is 0 Å². The van der Waals surface area contributed by atoms with Crippen LogP contribution in [0.1, 0.15) is 48.5 Å². The van der Waals surface area contributed by atoms with Crippen molar-refractivity contribution in [2.75, 3.05) is 24.1 Å². The summed E-state index contributed by atoms with van der Waals surface area (Å²) < 4.78 is 53.2. The van der Waals surface area contributed by atoms with Gasteiger partial charge in [-0.05, 0) is 61.6 Å². The molecule has 1 amide bonds. The summed E-state index contributed by atoms with van der Waals surface area (Å²) in [7, 11) is -7.21. The first-order valence-electron chi connectivity index (χ1n) is 11.1. The predicted molar refractivity (Wildman–Crippen MR) is 129 cm³/mol. The minimum atomic E-state index is -3.88. The number of anilines is 1. The summed E-state index contributed by atoms with van der Waals surface area (Å²) in [5, 5.41) is 2.83. The van der Waals surface area contributed by atoms with Gasteiger partial charge in [-0.15, -0.1) is 0 Å². The summed E-state index contributed by atoms with van der Waals surface area (Å²) in [6.07, 6.45) is 5.57. The van der Waals surface area contributed by atoms with Gasteiger partial charge in [0.15, 0.2) is 0 Å². The molecule has 0 aliphatic carbocycles. The van der Waals surface area contributed by atoms with Crippen LogP contribution < -0.4 is 10.0 Å². The summed E-state index contributed by atoms with van der Waals surface area (Å²) in [4.78, 5) is 12.7. The van der Waals surface area contributed by atoms with E-state index in [2.05, 4.69) is 17.0 Å². The molecule has 33 heavy (non-hydrogen) atoms. The van der Waals surface area contributed by atoms with Gasteiger partial charge in [0.25, 0.3) is 15.9 Å². The highest BCUT2D eigenvalue weighted by Crippen LogP contribution is 2.19. The lowest BCUT2D eigenvalue weighted by atomic mass is 10.1. The molecular formula is C23H31N3O5S2. The summed E-state index contributed by atoms with van der Waals surface area (Å²) in [5.41, 5.74) is 1.80. The molecule has 1 unspecified atom stereocenters. The van der Waals surface area contributed by atoms with E-state index in [1.807, 2.05) is 12.1 Å². The van der Waals surface area contributed by atoms with Crippen molar-refractivity contribution in [3.05, 3.63) is 59.7 Å². The van der Waals surface area contributed by atoms with E-state index in [4.69, 9.17) is 0 Å². The van der Waals surface area contributed by atoms with E-state index in [-0.39, 0.29) is 23.0 Å². The van der Waals surface area contributed by atoms with Crippen molar-refractivity contribution in [2.45, 2.75) is 50.0 Å². The molecule has 0 bridgehead atoms. The molecule has 0 saturated carbocycles. The number of sulfonamides is 2. The molecule has 1 heterocycles. The molecule has 1 atom stereocenters. The predicted octanol–water partition coefficient (Wildman–Crippen LogP) is 2.98. The Morgan fingerprint density at radius 2 is 1.82 bits per heavy atom. The Kier molecular flexibility index (Phi) is 8.14. The normalized spacial score (nSPS) is 17.5. The fraction of sp³-hybridized carbons (Fsp3) is 0.435. The zero-order valence-electron chi connectivity index (χ0n) is 19.0. The summed E-state index contributed by atoms with van der Waals surface area (Å²) in [6.45, 7) is 2.76. The van der Waals surface area contributed by atoms with E-state index in [9.17, 15) is 21.6 Å². The highest BCUT2D eigenvalue weighted by atomic mass is 32.2. The number of carbonyl (C=O) groups excluding carboxylic acids is 1. The van der Waals surface area contributed by atoms with Gasteiger partial charge in [0.1, 0.15) is 0 Å². The Morgan fingerprint density at radius 1 is 1.09 bits per heavy atom. The van der Waals surface area contributed by atoms with E-state index >= 15 is 0 Å². The number of aryl methyl sites for hydroxylation is 1. The quantitative estimate of drug-likeness (QED) is 0.558. The Hall–Kier alpha value is -2.43. The van der Waals surface area contributed by atoms with Gasteiger partial charge >= 0.3 is 0 Å². The first kappa shape index (κ1) is 25.2. The SMILES string of the molecule is CCCCc1ccc(NS(=O)(=O)c2cccc(C(=O)NC3CCCN(S(C)(=O)=O)C3)c2)cc1. The molecular weight excluding hydrogens is 462 g/mol. The van der Waals surface area contributed by atoms with E-state index in [0.29, 0.717) is 25.1 Å². The van der Waals surface area contributed by atoms with Crippen molar-refractivity contribution in [1.29, 1.82) is 0 Å². The van der Waals surface area contributed by atoms with Crippen LogP contribution in [-0.2, 0) is 26.5 Å². The summed E-state index contributed by atoms with van der Waals surface area (Å²) >= 11 is 0. The van der Waals surface area contributed by atoms with E-state index < -0.39 is 26.0 Å². The average Bonchev–Trinajstić information content (AvgIpc) is 2.78. The number of benzene rings is 2. The minimum Gasteiger partial charge on any atom is -0.348 e. The summed E-state index contributed by atoms with van der Waals surface area (Å²) in [6, 6.07) is 12.7. The second-order valence-electron chi connectivity index (χ2n) is 8.37. The third-order valence-electron chi connectivity index (χ3n) is 5.62. The minimum absolute atomic E-state index is 0.0217. The number of nitrogens with one attached hydrogen (secondary N) is 2. The second-order valence-corrected chi connectivity index (χ2v) is 12.0. The molecule has 0 aromatic heterocycles. The van der Waals surface area contributed by atoms with Gasteiger partial charge in [0.2, 0.25) is 10.0 Å². The highest BCUT2D eigenvalue weighted by molar-refractivity contribution is 7.92. The fourth-order valence-electron chi connectivity index (χ4n) is 3.77. The Morgan fingerprint density at radius 3 is 2.48 bits per heavy atom. The van der Waals surface area contributed by atoms with Crippen molar-refractivity contribution < 1.29 is 21.6 Å². The molecule has 1 saturated heterocycles. The van der Waals surface area contributed by atoms with Gasteiger partial charge < -0.3 is 5.32 Å². The number of unbranched alkanes of at least 4 members (excludes halogenated alkanes) is 1. The van der Waals surface area contributed by atoms with Crippen molar-refractivity contribution in [3.8, 4) is 0 Å². The van der Waals surface area contributed by atoms with Crippen LogP contribution >= 0.6 is 0 Å². The van der Waals surface area contributed by atoms with Crippen LogP contribution in [0.15, 0.2) is 53.4 Å². The third kappa shape index (κ3) is 7.02. The molecule has 1 aliphatic rings. The smallest absolute Gasteiger partial charge is 0.261 e. The molecule has 1 fully saturated rings. The molecule has 2 N–H and O–H groups in total. The lowest BCUT2D eigenvalue weighted by Gasteiger charge is -2.31.